The normalized spacial score (nSPS) is 15.1. The number of hydrogen-bond acceptors (Lipinski definition) is 6. The number of carbonyl (C=O) groups excluding carboxylic acids is 1. The number of ether oxygens (including phenoxy) is 2. The molecule has 1 atom stereocenters. The summed E-state index contributed by atoms with van der Waals surface area (Å²) in [5.41, 5.74) is 1.32. The lowest BCUT2D eigenvalue weighted by atomic mass is 10.1. The van der Waals surface area contributed by atoms with E-state index in [1.807, 2.05) is 28.8 Å². The number of rotatable bonds is 7. The molecule has 9 nitrogen and oxygen atoms in total. The highest BCUT2D eigenvalue weighted by atomic mass is 16.5. The van der Waals surface area contributed by atoms with Crippen LogP contribution in [0.1, 0.15) is 32.1 Å². The van der Waals surface area contributed by atoms with Crippen molar-refractivity contribution in [2.75, 3.05) is 45.7 Å². The lowest BCUT2D eigenvalue weighted by molar-refractivity contribution is 0.114. The van der Waals surface area contributed by atoms with E-state index in [1.54, 1.807) is 37.3 Å². The molecule has 9 heteroatoms. The van der Waals surface area contributed by atoms with Crippen molar-refractivity contribution >= 4 is 22.6 Å². The largest absolute Gasteiger partial charge is 0.497 e. The number of aromatic nitrogens is 2. The van der Waals surface area contributed by atoms with Gasteiger partial charge >= 0.3 is 6.03 Å². The molecule has 1 aromatic heterocycles. The number of anilines is 1. The van der Waals surface area contributed by atoms with Gasteiger partial charge in [-0.3, -0.25) is 14.3 Å². The van der Waals surface area contributed by atoms with E-state index in [9.17, 15) is 9.59 Å². The minimum atomic E-state index is -0.174. The van der Waals surface area contributed by atoms with Gasteiger partial charge in [-0.2, -0.15) is 0 Å². The third kappa shape index (κ3) is 5.09. The van der Waals surface area contributed by atoms with Gasteiger partial charge in [-0.1, -0.05) is 19.1 Å². The zero-order chi connectivity index (χ0) is 24.9. The predicted molar refractivity (Wildman–Crippen MR) is 136 cm³/mol. The van der Waals surface area contributed by atoms with Crippen molar-refractivity contribution in [1.29, 1.82) is 0 Å². The van der Waals surface area contributed by atoms with E-state index in [2.05, 4.69) is 24.1 Å². The van der Waals surface area contributed by atoms with Gasteiger partial charge in [-0.05, 0) is 37.6 Å². The van der Waals surface area contributed by atoms with Crippen molar-refractivity contribution in [2.24, 2.45) is 0 Å². The Labute approximate surface area is 205 Å². The van der Waals surface area contributed by atoms with Gasteiger partial charge in [0, 0.05) is 38.8 Å². The molecule has 35 heavy (non-hydrogen) atoms. The highest BCUT2D eigenvalue weighted by Gasteiger charge is 2.28. The van der Waals surface area contributed by atoms with Crippen LogP contribution in [0.25, 0.3) is 10.9 Å². The zero-order valence-corrected chi connectivity index (χ0v) is 20.8. The molecule has 0 bridgehead atoms. The lowest BCUT2D eigenvalue weighted by Gasteiger charge is -2.38. The van der Waals surface area contributed by atoms with Crippen molar-refractivity contribution < 1.29 is 14.3 Å². The second kappa shape index (κ2) is 10.8. The third-order valence-corrected chi connectivity index (χ3v) is 6.51. The average molecular weight is 480 g/mol. The molecule has 1 aliphatic rings. The summed E-state index contributed by atoms with van der Waals surface area (Å²) in [6, 6.07) is 12.6. The SMILES string of the molecule is CCCn1c(C(C)N2CCN(C(=O)Nc3ccc(OC)cc3OC)CC2)nc2ccccc2c1=O. The second-order valence-corrected chi connectivity index (χ2v) is 8.64. The Morgan fingerprint density at radius 2 is 1.83 bits per heavy atom. The van der Waals surface area contributed by atoms with Crippen molar-refractivity contribution in [2.45, 2.75) is 32.9 Å². The molecule has 0 radical (unpaired) electrons. The van der Waals surface area contributed by atoms with E-state index in [4.69, 9.17) is 14.5 Å². The first-order chi connectivity index (χ1) is 17.0. The molecular weight excluding hydrogens is 446 g/mol. The molecular formula is C26H33N5O4. The number of benzene rings is 2. The maximum atomic E-state index is 13.2. The molecule has 0 aliphatic carbocycles. The van der Waals surface area contributed by atoms with Crippen molar-refractivity contribution in [1.82, 2.24) is 19.4 Å². The van der Waals surface area contributed by atoms with E-state index in [-0.39, 0.29) is 17.6 Å². The molecule has 2 heterocycles. The van der Waals surface area contributed by atoms with Crippen molar-refractivity contribution in [3.05, 3.63) is 58.6 Å². The lowest BCUT2D eigenvalue weighted by Crippen LogP contribution is -2.51. The third-order valence-electron chi connectivity index (χ3n) is 6.51. The van der Waals surface area contributed by atoms with Gasteiger partial charge in [-0.15, -0.1) is 0 Å². The number of nitrogens with zero attached hydrogens (tertiary/aromatic N) is 4. The maximum Gasteiger partial charge on any atom is 0.322 e. The monoisotopic (exact) mass is 479 g/mol. The number of fused-ring (bicyclic) bond motifs is 1. The number of carbonyl (C=O) groups is 1. The molecule has 0 spiro atoms. The first-order valence-corrected chi connectivity index (χ1v) is 12.0. The minimum Gasteiger partial charge on any atom is -0.497 e. The van der Waals surface area contributed by atoms with Crippen LogP contribution in [-0.2, 0) is 6.54 Å². The summed E-state index contributed by atoms with van der Waals surface area (Å²) < 4.78 is 12.4. The first kappa shape index (κ1) is 24.5. The Morgan fingerprint density at radius 3 is 2.51 bits per heavy atom. The number of amides is 2. The first-order valence-electron chi connectivity index (χ1n) is 12.0. The summed E-state index contributed by atoms with van der Waals surface area (Å²) >= 11 is 0. The summed E-state index contributed by atoms with van der Waals surface area (Å²) in [6.07, 6.45) is 0.850. The summed E-state index contributed by atoms with van der Waals surface area (Å²) in [5, 5.41) is 3.59. The molecule has 2 amide bonds. The molecule has 1 aliphatic heterocycles. The molecule has 1 N–H and O–H groups in total. The molecule has 1 fully saturated rings. The molecule has 1 unspecified atom stereocenters. The van der Waals surface area contributed by atoms with Crippen LogP contribution < -0.4 is 20.3 Å². The van der Waals surface area contributed by atoms with Gasteiger partial charge in [0.25, 0.3) is 5.56 Å². The maximum absolute atomic E-state index is 13.2. The van der Waals surface area contributed by atoms with Crippen LogP contribution >= 0.6 is 0 Å². The van der Waals surface area contributed by atoms with E-state index in [0.29, 0.717) is 55.3 Å². The van der Waals surface area contributed by atoms with Crippen molar-refractivity contribution in [3.63, 3.8) is 0 Å². The number of methoxy groups -OCH3 is 2. The van der Waals surface area contributed by atoms with Crippen molar-refractivity contribution in [3.8, 4) is 11.5 Å². The standard InChI is InChI=1S/C26H33N5O4/c1-5-12-31-24(27-21-9-7-6-8-20(21)25(31)32)18(2)29-13-15-30(16-14-29)26(33)28-22-11-10-19(34-3)17-23(22)35-4/h6-11,17-18H,5,12-16H2,1-4H3,(H,28,33). The number of urea groups is 1. The number of hydrogen-bond donors (Lipinski definition) is 1. The summed E-state index contributed by atoms with van der Waals surface area (Å²) in [6.45, 7) is 7.28. The van der Waals surface area contributed by atoms with Crippen LogP contribution in [0.2, 0.25) is 0 Å². The minimum absolute atomic E-state index is 0.00533. The van der Waals surface area contributed by atoms with Gasteiger partial charge < -0.3 is 19.7 Å². The van der Waals surface area contributed by atoms with Crippen LogP contribution in [-0.4, -0.2) is 65.8 Å². The number of piperazine rings is 1. The Hall–Kier alpha value is -3.59. The molecule has 0 saturated carbocycles. The van der Waals surface area contributed by atoms with E-state index in [0.717, 1.165) is 17.8 Å². The molecule has 2 aromatic carbocycles. The Balaban J connectivity index is 1.46. The van der Waals surface area contributed by atoms with E-state index >= 15 is 0 Å². The molecule has 186 valence electrons. The van der Waals surface area contributed by atoms with Crippen LogP contribution in [0.15, 0.2) is 47.3 Å². The smallest absolute Gasteiger partial charge is 0.322 e. The zero-order valence-electron chi connectivity index (χ0n) is 20.8. The molecule has 3 aromatic rings. The van der Waals surface area contributed by atoms with Crippen LogP contribution in [0.5, 0.6) is 11.5 Å². The van der Waals surface area contributed by atoms with Gasteiger partial charge in [0.15, 0.2) is 0 Å². The van der Waals surface area contributed by atoms with Gasteiger partial charge in [0.2, 0.25) is 0 Å². The van der Waals surface area contributed by atoms with Gasteiger partial charge in [0.05, 0.1) is 36.9 Å². The Bertz CT molecular complexity index is 1250. The van der Waals surface area contributed by atoms with Gasteiger partial charge in [-0.25, -0.2) is 9.78 Å². The van der Waals surface area contributed by atoms with E-state index in [1.165, 1.54) is 0 Å². The predicted octanol–water partition coefficient (Wildman–Crippen LogP) is 3.73. The quantitative estimate of drug-likeness (QED) is 0.556. The fourth-order valence-corrected chi connectivity index (χ4v) is 4.52. The summed E-state index contributed by atoms with van der Waals surface area (Å²) in [4.78, 5) is 35.0. The number of para-hydroxylation sites is 1. The highest BCUT2D eigenvalue weighted by Crippen LogP contribution is 2.29. The summed E-state index contributed by atoms with van der Waals surface area (Å²) in [5.74, 6) is 1.98. The van der Waals surface area contributed by atoms with E-state index < -0.39 is 0 Å². The Morgan fingerprint density at radius 1 is 1.09 bits per heavy atom. The summed E-state index contributed by atoms with van der Waals surface area (Å²) in [7, 11) is 3.14. The van der Waals surface area contributed by atoms with Gasteiger partial charge in [0.1, 0.15) is 17.3 Å². The fourth-order valence-electron chi connectivity index (χ4n) is 4.52. The highest BCUT2D eigenvalue weighted by molar-refractivity contribution is 5.91. The molecule has 1 saturated heterocycles. The fraction of sp³-hybridized carbons (Fsp3) is 0.423. The number of nitrogens with one attached hydrogen (secondary N) is 1. The average Bonchev–Trinajstić information content (AvgIpc) is 2.90. The van der Waals surface area contributed by atoms with Crippen LogP contribution in [0, 0.1) is 0 Å². The second-order valence-electron chi connectivity index (χ2n) is 8.64. The topological polar surface area (TPSA) is 88.9 Å². The van der Waals surface area contributed by atoms with Crippen LogP contribution in [0.3, 0.4) is 0 Å². The van der Waals surface area contributed by atoms with Crippen LogP contribution in [0.4, 0.5) is 10.5 Å². The molecule has 4 rings (SSSR count). The Kier molecular flexibility index (Phi) is 7.55.